The zero-order valence-corrected chi connectivity index (χ0v) is 10.7. The molecule has 0 saturated carbocycles. The lowest BCUT2D eigenvalue weighted by atomic mass is 10.1. The molecule has 1 atom stereocenters. The van der Waals surface area contributed by atoms with Crippen LogP contribution in [-0.2, 0) is 9.59 Å². The van der Waals surface area contributed by atoms with Gasteiger partial charge in [0, 0.05) is 0 Å². The van der Waals surface area contributed by atoms with E-state index in [2.05, 4.69) is 12.3 Å². The van der Waals surface area contributed by atoms with Crippen molar-refractivity contribution in [1.82, 2.24) is 10.3 Å². The molecule has 17 heavy (non-hydrogen) atoms. The lowest BCUT2D eigenvalue weighted by Crippen LogP contribution is -2.51. The highest BCUT2D eigenvalue weighted by Gasteiger charge is 2.25. The zero-order chi connectivity index (χ0) is 13.3. The summed E-state index contributed by atoms with van der Waals surface area (Å²) in [6, 6.07) is -0.371. The van der Waals surface area contributed by atoms with Crippen LogP contribution in [0, 0.1) is 0 Å². The van der Waals surface area contributed by atoms with Gasteiger partial charge in [0.2, 0.25) is 5.91 Å². The normalized spacial score (nSPS) is 12.5. The molecule has 0 saturated heterocycles. The fourth-order valence-corrected chi connectivity index (χ4v) is 1.76. The van der Waals surface area contributed by atoms with E-state index in [9.17, 15) is 9.59 Å². The highest BCUT2D eigenvalue weighted by atomic mass is 16.2. The van der Waals surface area contributed by atoms with Crippen molar-refractivity contribution < 1.29 is 9.59 Å². The third-order valence-corrected chi connectivity index (χ3v) is 2.61. The summed E-state index contributed by atoms with van der Waals surface area (Å²) >= 11 is 0. The van der Waals surface area contributed by atoms with Gasteiger partial charge in [-0.15, -0.1) is 0 Å². The number of primary amides is 1. The van der Waals surface area contributed by atoms with Crippen LogP contribution >= 0.6 is 0 Å². The van der Waals surface area contributed by atoms with Crippen LogP contribution in [-0.4, -0.2) is 35.8 Å². The molecule has 0 aromatic rings. The van der Waals surface area contributed by atoms with E-state index in [1.165, 1.54) is 0 Å². The molecule has 6 heteroatoms. The predicted molar refractivity (Wildman–Crippen MR) is 66.7 cm³/mol. The van der Waals surface area contributed by atoms with Crippen LogP contribution < -0.4 is 17.0 Å². The molecular weight excluding hydrogens is 220 g/mol. The van der Waals surface area contributed by atoms with E-state index in [0.29, 0.717) is 13.0 Å². The minimum atomic E-state index is -0.424. The summed E-state index contributed by atoms with van der Waals surface area (Å²) in [7, 11) is 0. The SMILES string of the molecule is CCCCN(CC(N)=O)C(CCC)C(=O)NN. The molecule has 0 heterocycles. The molecule has 6 nitrogen and oxygen atoms in total. The van der Waals surface area contributed by atoms with Crippen LogP contribution in [0.5, 0.6) is 0 Å². The lowest BCUT2D eigenvalue weighted by molar-refractivity contribution is -0.128. The molecule has 0 radical (unpaired) electrons. The first-order chi connectivity index (χ1) is 8.06. The first kappa shape index (κ1) is 15.9. The third-order valence-electron chi connectivity index (χ3n) is 2.61. The van der Waals surface area contributed by atoms with E-state index in [1.807, 2.05) is 6.92 Å². The van der Waals surface area contributed by atoms with Crippen LogP contribution in [0.2, 0.25) is 0 Å². The average molecular weight is 244 g/mol. The van der Waals surface area contributed by atoms with Crippen molar-refractivity contribution in [2.45, 2.75) is 45.6 Å². The van der Waals surface area contributed by atoms with Crippen molar-refractivity contribution in [1.29, 1.82) is 0 Å². The van der Waals surface area contributed by atoms with E-state index in [0.717, 1.165) is 19.3 Å². The summed E-state index contributed by atoms with van der Waals surface area (Å²) < 4.78 is 0. The number of nitrogens with two attached hydrogens (primary N) is 2. The molecule has 0 aliphatic carbocycles. The number of nitrogens with one attached hydrogen (secondary N) is 1. The highest BCUT2D eigenvalue weighted by molar-refractivity contribution is 5.82. The number of carbonyl (C=O) groups is 2. The largest absolute Gasteiger partial charge is 0.369 e. The van der Waals surface area contributed by atoms with E-state index < -0.39 is 5.91 Å². The van der Waals surface area contributed by atoms with Crippen molar-refractivity contribution in [3.05, 3.63) is 0 Å². The second-order valence-electron chi connectivity index (χ2n) is 4.10. The number of hydrogen-bond donors (Lipinski definition) is 3. The van der Waals surface area contributed by atoms with E-state index in [4.69, 9.17) is 11.6 Å². The molecule has 5 N–H and O–H groups in total. The van der Waals surface area contributed by atoms with Crippen LogP contribution in [0.1, 0.15) is 39.5 Å². The number of carbonyl (C=O) groups excluding carboxylic acids is 2. The molecular formula is C11H24N4O2. The lowest BCUT2D eigenvalue weighted by Gasteiger charge is -2.28. The molecule has 2 amide bonds. The van der Waals surface area contributed by atoms with Gasteiger partial charge in [-0.25, -0.2) is 5.84 Å². The number of hydrogen-bond acceptors (Lipinski definition) is 4. The van der Waals surface area contributed by atoms with Gasteiger partial charge in [-0.1, -0.05) is 26.7 Å². The number of hydrazine groups is 1. The number of rotatable bonds is 9. The zero-order valence-electron chi connectivity index (χ0n) is 10.7. The molecule has 1 unspecified atom stereocenters. The summed E-state index contributed by atoms with van der Waals surface area (Å²) in [6.45, 7) is 4.81. The number of nitrogens with zero attached hydrogens (tertiary/aromatic N) is 1. The first-order valence-electron chi connectivity index (χ1n) is 6.09. The maximum absolute atomic E-state index is 11.7. The molecule has 0 bridgehead atoms. The summed E-state index contributed by atoms with van der Waals surface area (Å²) in [4.78, 5) is 24.5. The first-order valence-corrected chi connectivity index (χ1v) is 6.09. The Balaban J connectivity index is 4.65. The van der Waals surface area contributed by atoms with Gasteiger partial charge in [-0.3, -0.25) is 19.9 Å². The maximum atomic E-state index is 11.7. The van der Waals surface area contributed by atoms with E-state index in [1.54, 1.807) is 4.90 Å². The van der Waals surface area contributed by atoms with Crippen LogP contribution in [0.25, 0.3) is 0 Å². The second-order valence-corrected chi connectivity index (χ2v) is 4.10. The summed E-state index contributed by atoms with van der Waals surface area (Å²) in [6.07, 6.45) is 3.43. The molecule has 0 rings (SSSR count). The van der Waals surface area contributed by atoms with Crippen molar-refractivity contribution in [2.24, 2.45) is 11.6 Å². The Morgan fingerprint density at radius 1 is 1.29 bits per heavy atom. The van der Waals surface area contributed by atoms with E-state index in [-0.39, 0.29) is 18.5 Å². The van der Waals surface area contributed by atoms with Gasteiger partial charge in [0.25, 0.3) is 5.91 Å². The summed E-state index contributed by atoms with van der Waals surface area (Å²) in [5.41, 5.74) is 7.34. The Bertz CT molecular complexity index is 246. The Kier molecular flexibility index (Phi) is 8.35. The fourth-order valence-electron chi connectivity index (χ4n) is 1.76. The summed E-state index contributed by atoms with van der Waals surface area (Å²) in [5, 5.41) is 0. The van der Waals surface area contributed by atoms with Gasteiger partial charge in [0.15, 0.2) is 0 Å². The Hall–Kier alpha value is -1.14. The molecule has 0 fully saturated rings. The van der Waals surface area contributed by atoms with Gasteiger partial charge in [0.1, 0.15) is 0 Å². The second kappa shape index (κ2) is 8.95. The van der Waals surface area contributed by atoms with Crippen molar-refractivity contribution in [3.63, 3.8) is 0 Å². The predicted octanol–water partition coefficient (Wildman–Crippen LogP) is -0.268. The number of amides is 2. The maximum Gasteiger partial charge on any atom is 0.251 e. The molecule has 100 valence electrons. The molecule has 0 aliphatic rings. The third kappa shape index (κ3) is 6.23. The number of unbranched alkanes of at least 4 members (excludes halogenated alkanes) is 1. The standard InChI is InChI=1S/C11H24N4O2/c1-3-5-7-15(8-10(12)16)9(6-4-2)11(17)14-13/h9H,3-8,13H2,1-2H3,(H2,12,16)(H,14,17). The van der Waals surface area contributed by atoms with Crippen LogP contribution in [0.3, 0.4) is 0 Å². The molecule has 0 spiro atoms. The van der Waals surface area contributed by atoms with Gasteiger partial charge >= 0.3 is 0 Å². The summed E-state index contributed by atoms with van der Waals surface area (Å²) in [5.74, 6) is 4.47. The van der Waals surface area contributed by atoms with Crippen molar-refractivity contribution >= 4 is 11.8 Å². The highest BCUT2D eigenvalue weighted by Crippen LogP contribution is 2.08. The minimum absolute atomic E-state index is 0.0953. The van der Waals surface area contributed by atoms with E-state index >= 15 is 0 Å². The Morgan fingerprint density at radius 3 is 2.35 bits per heavy atom. The fraction of sp³-hybridized carbons (Fsp3) is 0.818. The molecule has 0 aromatic heterocycles. The average Bonchev–Trinajstić information content (AvgIpc) is 2.30. The van der Waals surface area contributed by atoms with Crippen molar-refractivity contribution in [2.75, 3.05) is 13.1 Å². The Labute approximate surface area is 103 Å². The molecule has 0 aliphatic heterocycles. The van der Waals surface area contributed by atoms with Gasteiger partial charge in [0.05, 0.1) is 12.6 Å². The topological polar surface area (TPSA) is 101 Å². The smallest absolute Gasteiger partial charge is 0.251 e. The monoisotopic (exact) mass is 244 g/mol. The van der Waals surface area contributed by atoms with Crippen LogP contribution in [0.15, 0.2) is 0 Å². The quantitative estimate of drug-likeness (QED) is 0.295. The van der Waals surface area contributed by atoms with Gasteiger partial charge < -0.3 is 5.73 Å². The minimum Gasteiger partial charge on any atom is -0.369 e. The van der Waals surface area contributed by atoms with Gasteiger partial charge in [-0.2, -0.15) is 0 Å². The Morgan fingerprint density at radius 2 is 1.94 bits per heavy atom. The van der Waals surface area contributed by atoms with Crippen molar-refractivity contribution in [3.8, 4) is 0 Å². The van der Waals surface area contributed by atoms with Gasteiger partial charge in [-0.05, 0) is 19.4 Å². The van der Waals surface area contributed by atoms with Crippen LogP contribution in [0.4, 0.5) is 0 Å². The molecule has 0 aromatic carbocycles.